The molecule has 0 saturated carbocycles. The molecule has 5 heteroatoms. The molecule has 20 heavy (non-hydrogen) atoms. The molecule has 1 atom stereocenters. The molecule has 0 aromatic heterocycles. The number of hydrogen-bond donors (Lipinski definition) is 1. The van der Waals surface area contributed by atoms with Gasteiger partial charge in [0.25, 0.3) is 0 Å². The van der Waals surface area contributed by atoms with Crippen molar-refractivity contribution in [3.8, 4) is 5.75 Å². The lowest BCUT2D eigenvalue weighted by Gasteiger charge is -2.19. The molecule has 0 heterocycles. The lowest BCUT2D eigenvalue weighted by Crippen LogP contribution is -2.19. The van der Waals surface area contributed by atoms with Crippen molar-refractivity contribution >= 4 is 27.5 Å². The van der Waals surface area contributed by atoms with E-state index in [9.17, 15) is 4.39 Å². The molecule has 0 saturated heterocycles. The van der Waals surface area contributed by atoms with Gasteiger partial charge in [-0.3, -0.25) is 0 Å². The standard InChI is InChI=1S/C15H14BrClFNO/c1-19-15(10-4-3-5-11(16)14(10)18)9-6-7-12(17)13(8-9)20-2/h3-8,15,19H,1-2H3. The van der Waals surface area contributed by atoms with E-state index in [0.717, 1.165) is 5.56 Å². The Labute approximate surface area is 131 Å². The van der Waals surface area contributed by atoms with E-state index < -0.39 is 0 Å². The molecule has 2 nitrogen and oxygen atoms in total. The number of nitrogens with one attached hydrogen (secondary N) is 1. The van der Waals surface area contributed by atoms with E-state index in [0.29, 0.717) is 20.8 Å². The largest absolute Gasteiger partial charge is 0.495 e. The number of rotatable bonds is 4. The van der Waals surface area contributed by atoms with E-state index in [1.54, 1.807) is 38.4 Å². The van der Waals surface area contributed by atoms with Gasteiger partial charge in [-0.15, -0.1) is 0 Å². The molecule has 0 aliphatic heterocycles. The zero-order valence-electron chi connectivity index (χ0n) is 11.1. The first-order valence-electron chi connectivity index (χ1n) is 6.03. The van der Waals surface area contributed by atoms with Gasteiger partial charge in [-0.05, 0) is 46.7 Å². The molecule has 0 fully saturated rings. The van der Waals surface area contributed by atoms with Crippen LogP contribution in [-0.4, -0.2) is 14.2 Å². The quantitative estimate of drug-likeness (QED) is 0.865. The average Bonchev–Trinajstić information content (AvgIpc) is 2.45. The minimum atomic E-state index is -0.279. The maximum Gasteiger partial charge on any atom is 0.142 e. The Morgan fingerprint density at radius 2 is 2.05 bits per heavy atom. The molecule has 0 radical (unpaired) electrons. The highest BCUT2D eigenvalue weighted by Crippen LogP contribution is 2.32. The Morgan fingerprint density at radius 1 is 1.30 bits per heavy atom. The average molecular weight is 359 g/mol. The second-order valence-corrected chi connectivity index (χ2v) is 5.52. The highest BCUT2D eigenvalue weighted by atomic mass is 79.9. The summed E-state index contributed by atoms with van der Waals surface area (Å²) in [5.74, 6) is 0.292. The van der Waals surface area contributed by atoms with Gasteiger partial charge >= 0.3 is 0 Å². The normalized spacial score (nSPS) is 12.2. The third-order valence-electron chi connectivity index (χ3n) is 3.09. The van der Waals surface area contributed by atoms with Crippen LogP contribution < -0.4 is 10.1 Å². The van der Waals surface area contributed by atoms with Crippen molar-refractivity contribution in [3.63, 3.8) is 0 Å². The summed E-state index contributed by atoms with van der Waals surface area (Å²) in [4.78, 5) is 0. The number of benzene rings is 2. The topological polar surface area (TPSA) is 21.3 Å². The molecular weight excluding hydrogens is 345 g/mol. The smallest absolute Gasteiger partial charge is 0.142 e. The van der Waals surface area contributed by atoms with Crippen LogP contribution in [0, 0.1) is 5.82 Å². The number of halogens is 3. The Bertz CT molecular complexity index is 621. The van der Waals surface area contributed by atoms with Crippen molar-refractivity contribution in [3.05, 3.63) is 62.8 Å². The van der Waals surface area contributed by atoms with Crippen LogP contribution in [0.15, 0.2) is 40.9 Å². The van der Waals surface area contributed by atoms with Crippen LogP contribution in [-0.2, 0) is 0 Å². The van der Waals surface area contributed by atoms with Crippen molar-refractivity contribution in [1.29, 1.82) is 0 Å². The fourth-order valence-corrected chi connectivity index (χ4v) is 2.68. The van der Waals surface area contributed by atoms with E-state index in [1.807, 2.05) is 12.1 Å². The zero-order valence-corrected chi connectivity index (χ0v) is 13.4. The highest BCUT2D eigenvalue weighted by Gasteiger charge is 2.18. The first-order valence-corrected chi connectivity index (χ1v) is 7.20. The Kier molecular flexibility index (Phi) is 5.02. The first kappa shape index (κ1) is 15.3. The van der Waals surface area contributed by atoms with Gasteiger partial charge in [0.1, 0.15) is 11.6 Å². The third-order valence-corrected chi connectivity index (χ3v) is 4.01. The second-order valence-electron chi connectivity index (χ2n) is 4.26. The zero-order chi connectivity index (χ0) is 14.7. The number of ether oxygens (including phenoxy) is 1. The first-order chi connectivity index (χ1) is 9.58. The van der Waals surface area contributed by atoms with Gasteiger partial charge in [0.15, 0.2) is 0 Å². The summed E-state index contributed by atoms with van der Waals surface area (Å²) in [5, 5.41) is 3.64. The van der Waals surface area contributed by atoms with Crippen LogP contribution in [0.4, 0.5) is 4.39 Å². The minimum Gasteiger partial charge on any atom is -0.495 e. The number of hydrogen-bond acceptors (Lipinski definition) is 2. The summed E-state index contributed by atoms with van der Waals surface area (Å²) in [5.41, 5.74) is 1.44. The molecule has 0 aliphatic rings. The van der Waals surface area contributed by atoms with Crippen molar-refractivity contribution in [1.82, 2.24) is 5.32 Å². The van der Waals surface area contributed by atoms with Crippen LogP contribution in [0.3, 0.4) is 0 Å². The molecule has 1 N–H and O–H groups in total. The molecule has 0 spiro atoms. The van der Waals surface area contributed by atoms with Gasteiger partial charge in [-0.1, -0.05) is 29.8 Å². The molecule has 2 rings (SSSR count). The van der Waals surface area contributed by atoms with Gasteiger partial charge < -0.3 is 10.1 Å². The van der Waals surface area contributed by atoms with E-state index in [2.05, 4.69) is 21.2 Å². The van der Waals surface area contributed by atoms with Gasteiger partial charge in [-0.25, -0.2) is 4.39 Å². The van der Waals surface area contributed by atoms with Gasteiger partial charge in [0, 0.05) is 5.56 Å². The lowest BCUT2D eigenvalue weighted by atomic mass is 9.98. The van der Waals surface area contributed by atoms with Crippen LogP contribution in [0.1, 0.15) is 17.2 Å². The summed E-state index contributed by atoms with van der Waals surface area (Å²) in [6.07, 6.45) is 0. The molecule has 106 valence electrons. The van der Waals surface area contributed by atoms with Crippen molar-refractivity contribution in [2.75, 3.05) is 14.2 Å². The molecule has 2 aromatic rings. The summed E-state index contributed by atoms with van der Waals surface area (Å²) >= 11 is 9.23. The van der Waals surface area contributed by atoms with Gasteiger partial charge in [0.05, 0.1) is 22.6 Å². The van der Waals surface area contributed by atoms with E-state index in [4.69, 9.17) is 16.3 Å². The second kappa shape index (κ2) is 6.57. The van der Waals surface area contributed by atoms with E-state index in [1.165, 1.54) is 0 Å². The summed E-state index contributed by atoms with van der Waals surface area (Å²) in [6, 6.07) is 10.4. The molecule has 0 aliphatic carbocycles. The van der Waals surface area contributed by atoms with Crippen molar-refractivity contribution in [2.45, 2.75) is 6.04 Å². The monoisotopic (exact) mass is 357 g/mol. The molecule has 2 aromatic carbocycles. The van der Waals surface area contributed by atoms with Gasteiger partial charge in [-0.2, -0.15) is 0 Å². The third kappa shape index (κ3) is 2.97. The molecule has 0 bridgehead atoms. The fraction of sp³-hybridized carbons (Fsp3) is 0.200. The Hall–Kier alpha value is -1.10. The molecular formula is C15H14BrClFNO. The van der Waals surface area contributed by atoms with Crippen molar-refractivity contribution < 1.29 is 9.13 Å². The van der Waals surface area contributed by atoms with Crippen LogP contribution >= 0.6 is 27.5 Å². The predicted octanol–water partition coefficient (Wildman–Crippen LogP) is 4.56. The number of methoxy groups -OCH3 is 1. The molecule has 0 amide bonds. The summed E-state index contributed by atoms with van der Waals surface area (Å²) < 4.78 is 19.9. The minimum absolute atomic E-state index is 0.277. The lowest BCUT2D eigenvalue weighted by molar-refractivity contribution is 0.414. The molecule has 1 unspecified atom stereocenters. The van der Waals surface area contributed by atoms with E-state index in [-0.39, 0.29) is 11.9 Å². The Morgan fingerprint density at radius 3 is 2.70 bits per heavy atom. The fourth-order valence-electron chi connectivity index (χ4n) is 2.10. The maximum absolute atomic E-state index is 14.2. The predicted molar refractivity (Wildman–Crippen MR) is 83.0 cm³/mol. The summed E-state index contributed by atoms with van der Waals surface area (Å²) in [6.45, 7) is 0. The highest BCUT2D eigenvalue weighted by molar-refractivity contribution is 9.10. The van der Waals surface area contributed by atoms with Crippen LogP contribution in [0.5, 0.6) is 5.75 Å². The van der Waals surface area contributed by atoms with E-state index >= 15 is 0 Å². The van der Waals surface area contributed by atoms with Crippen LogP contribution in [0.25, 0.3) is 0 Å². The van der Waals surface area contributed by atoms with Crippen LogP contribution in [0.2, 0.25) is 5.02 Å². The SMILES string of the molecule is CNC(c1ccc(Cl)c(OC)c1)c1cccc(Br)c1F. The summed E-state index contributed by atoms with van der Waals surface area (Å²) in [7, 11) is 3.34. The Balaban J connectivity index is 2.49. The van der Waals surface area contributed by atoms with Gasteiger partial charge in [0.2, 0.25) is 0 Å². The maximum atomic E-state index is 14.2. The van der Waals surface area contributed by atoms with Crippen molar-refractivity contribution in [2.24, 2.45) is 0 Å².